The van der Waals surface area contributed by atoms with Gasteiger partial charge in [-0.2, -0.15) is 0 Å². The molecule has 0 aromatic carbocycles. The zero-order valence-electron chi connectivity index (χ0n) is 17.3. The van der Waals surface area contributed by atoms with Gasteiger partial charge < -0.3 is 4.74 Å². The predicted octanol–water partition coefficient (Wildman–Crippen LogP) is 7.40. The molecule has 1 aliphatic carbocycles. The van der Waals surface area contributed by atoms with Crippen molar-refractivity contribution in [2.45, 2.75) is 109 Å². The maximum Gasteiger partial charge on any atom is 0.183 e. The minimum atomic E-state index is 0.00890. The summed E-state index contributed by atoms with van der Waals surface area (Å²) in [7, 11) is 0. The lowest BCUT2D eigenvalue weighted by molar-refractivity contribution is 0.273. The van der Waals surface area contributed by atoms with Gasteiger partial charge in [-0.05, 0) is 71.1 Å². The van der Waals surface area contributed by atoms with Gasteiger partial charge in [0.25, 0.3) is 0 Å². The number of ether oxygens (including phenoxy) is 1. The normalized spacial score (nSPS) is 21.5. The summed E-state index contributed by atoms with van der Waals surface area (Å²) in [4.78, 5) is 4.62. The number of allylic oxidation sites excluding steroid dienone is 4. The molecule has 1 unspecified atom stereocenters. The average molecular weight is 360 g/mol. The van der Waals surface area contributed by atoms with E-state index in [2.05, 4.69) is 43.1 Å². The molecule has 1 heterocycles. The summed E-state index contributed by atoms with van der Waals surface area (Å²) in [5, 5.41) is 0. The predicted molar refractivity (Wildman–Crippen MR) is 114 cm³/mol. The fourth-order valence-electron chi connectivity index (χ4n) is 3.88. The van der Waals surface area contributed by atoms with Crippen molar-refractivity contribution in [1.29, 1.82) is 0 Å². The molecule has 0 bridgehead atoms. The van der Waals surface area contributed by atoms with Crippen molar-refractivity contribution in [2.75, 3.05) is 6.61 Å². The fraction of sp³-hybridized carbons (Fsp3) is 0.792. The van der Waals surface area contributed by atoms with Gasteiger partial charge in [-0.1, -0.05) is 56.4 Å². The number of nitrogens with zero attached hydrogens (tertiary/aromatic N) is 1. The van der Waals surface area contributed by atoms with Crippen LogP contribution in [0.4, 0.5) is 0 Å². The summed E-state index contributed by atoms with van der Waals surface area (Å²) in [6, 6.07) is 0. The van der Waals surface area contributed by atoms with Gasteiger partial charge in [-0.25, -0.2) is 4.99 Å². The van der Waals surface area contributed by atoms with Gasteiger partial charge in [0.15, 0.2) is 5.90 Å². The molecule has 0 saturated carbocycles. The van der Waals surface area contributed by atoms with E-state index in [4.69, 9.17) is 4.74 Å². The van der Waals surface area contributed by atoms with Crippen LogP contribution in [0.2, 0.25) is 0 Å². The summed E-state index contributed by atoms with van der Waals surface area (Å²) >= 11 is 0. The van der Waals surface area contributed by atoms with Crippen molar-refractivity contribution in [3.63, 3.8) is 0 Å². The lowest BCUT2D eigenvalue weighted by Gasteiger charge is -2.07. The van der Waals surface area contributed by atoms with E-state index in [1.165, 1.54) is 83.5 Å². The second-order valence-corrected chi connectivity index (χ2v) is 8.79. The molecule has 0 N–H and O–H groups in total. The van der Waals surface area contributed by atoms with E-state index in [0.29, 0.717) is 0 Å². The van der Waals surface area contributed by atoms with Crippen molar-refractivity contribution in [1.82, 2.24) is 0 Å². The van der Waals surface area contributed by atoms with Gasteiger partial charge in [-0.3, -0.25) is 0 Å². The zero-order valence-corrected chi connectivity index (χ0v) is 17.3. The molecule has 0 spiro atoms. The fourth-order valence-corrected chi connectivity index (χ4v) is 3.88. The van der Waals surface area contributed by atoms with Crippen molar-refractivity contribution in [2.24, 2.45) is 10.9 Å². The van der Waals surface area contributed by atoms with Crippen molar-refractivity contribution < 1.29 is 4.74 Å². The first kappa shape index (κ1) is 21.3. The Morgan fingerprint density at radius 1 is 1.00 bits per heavy atom. The molecule has 2 rings (SSSR count). The molecular weight excluding hydrogens is 318 g/mol. The van der Waals surface area contributed by atoms with E-state index in [9.17, 15) is 0 Å². The standard InChI is InChI=1S/C24H41NO/c1-24(2)21-26-23(25-24)20-14-12-10-8-6-4-3-5-7-9-11-13-17-22-18-15-16-19-22/h3,5,15,18,22H,4,6-14,16-17,19-21H2,1-2H3/b5-3-. The molecule has 0 aromatic rings. The van der Waals surface area contributed by atoms with Crippen molar-refractivity contribution in [3.8, 4) is 0 Å². The van der Waals surface area contributed by atoms with E-state index in [1.54, 1.807) is 0 Å². The van der Waals surface area contributed by atoms with Crippen LogP contribution in [-0.2, 0) is 4.74 Å². The van der Waals surface area contributed by atoms with Crippen molar-refractivity contribution >= 4 is 5.90 Å². The maximum absolute atomic E-state index is 5.64. The average Bonchev–Trinajstić information content (AvgIpc) is 3.24. The quantitative estimate of drug-likeness (QED) is 0.234. The summed E-state index contributed by atoms with van der Waals surface area (Å²) in [5.74, 6) is 1.88. The van der Waals surface area contributed by atoms with Gasteiger partial charge >= 0.3 is 0 Å². The molecule has 0 saturated heterocycles. The minimum Gasteiger partial charge on any atom is -0.478 e. The van der Waals surface area contributed by atoms with Crippen molar-refractivity contribution in [3.05, 3.63) is 24.3 Å². The summed E-state index contributed by atoms with van der Waals surface area (Å²) in [5.41, 5.74) is 0.00890. The molecule has 2 heteroatoms. The summed E-state index contributed by atoms with van der Waals surface area (Å²) < 4.78 is 5.64. The van der Waals surface area contributed by atoms with E-state index in [0.717, 1.165) is 24.8 Å². The van der Waals surface area contributed by atoms with E-state index < -0.39 is 0 Å². The van der Waals surface area contributed by atoms with Gasteiger partial charge in [0.05, 0.1) is 5.54 Å². The largest absolute Gasteiger partial charge is 0.478 e. The Labute approximate surface area is 162 Å². The van der Waals surface area contributed by atoms with Gasteiger partial charge in [0, 0.05) is 6.42 Å². The Hall–Kier alpha value is -1.05. The molecule has 1 aliphatic heterocycles. The molecule has 0 radical (unpaired) electrons. The highest BCUT2D eigenvalue weighted by molar-refractivity contribution is 5.78. The van der Waals surface area contributed by atoms with Crippen LogP contribution in [-0.4, -0.2) is 18.0 Å². The van der Waals surface area contributed by atoms with Crippen LogP contribution in [0.25, 0.3) is 0 Å². The number of rotatable bonds is 14. The van der Waals surface area contributed by atoms with Crippen LogP contribution < -0.4 is 0 Å². The zero-order chi connectivity index (χ0) is 18.5. The SMILES string of the molecule is CC1(C)COC(CCCCCCC/C=C\CCCCCC2C=CCC2)=N1. The summed E-state index contributed by atoms with van der Waals surface area (Å²) in [6.45, 7) is 5.04. The van der Waals surface area contributed by atoms with Gasteiger partial charge in [0.2, 0.25) is 0 Å². The minimum absolute atomic E-state index is 0.00890. The molecule has 26 heavy (non-hydrogen) atoms. The van der Waals surface area contributed by atoms with E-state index in [1.807, 2.05) is 0 Å². The first-order chi connectivity index (χ1) is 12.7. The van der Waals surface area contributed by atoms with Crippen LogP contribution in [0.15, 0.2) is 29.3 Å². The third-order valence-electron chi connectivity index (χ3n) is 5.51. The van der Waals surface area contributed by atoms with E-state index >= 15 is 0 Å². The van der Waals surface area contributed by atoms with Crippen LogP contribution in [0.3, 0.4) is 0 Å². The third kappa shape index (κ3) is 9.59. The molecule has 0 fully saturated rings. The van der Waals surface area contributed by atoms with Crippen LogP contribution in [0.5, 0.6) is 0 Å². The molecular formula is C24H41NO. The number of hydrogen-bond acceptors (Lipinski definition) is 2. The molecule has 148 valence electrons. The molecule has 2 aliphatic rings. The van der Waals surface area contributed by atoms with Gasteiger partial charge in [-0.15, -0.1) is 0 Å². The Balaban J connectivity index is 1.30. The summed E-state index contributed by atoms with van der Waals surface area (Å²) in [6.07, 6.45) is 28.1. The highest BCUT2D eigenvalue weighted by Gasteiger charge is 2.25. The first-order valence-electron chi connectivity index (χ1n) is 11.2. The topological polar surface area (TPSA) is 21.6 Å². The van der Waals surface area contributed by atoms with Crippen LogP contribution in [0.1, 0.15) is 104 Å². The molecule has 0 aromatic heterocycles. The monoisotopic (exact) mass is 359 g/mol. The Morgan fingerprint density at radius 3 is 2.35 bits per heavy atom. The lowest BCUT2D eigenvalue weighted by Crippen LogP contribution is -2.17. The molecule has 2 nitrogen and oxygen atoms in total. The second-order valence-electron chi connectivity index (χ2n) is 8.79. The Morgan fingerprint density at radius 2 is 1.69 bits per heavy atom. The van der Waals surface area contributed by atoms with Crippen LogP contribution >= 0.6 is 0 Å². The highest BCUT2D eigenvalue weighted by atomic mass is 16.5. The van der Waals surface area contributed by atoms with Gasteiger partial charge in [0.1, 0.15) is 6.61 Å². The number of unbranched alkanes of at least 4 members (excludes halogenated alkanes) is 8. The number of aliphatic imine (C=N–C) groups is 1. The lowest BCUT2D eigenvalue weighted by atomic mass is 10.0. The first-order valence-corrected chi connectivity index (χ1v) is 11.2. The maximum atomic E-state index is 5.64. The Kier molecular flexibility index (Phi) is 10.1. The third-order valence-corrected chi connectivity index (χ3v) is 5.51. The molecule has 0 amide bonds. The van der Waals surface area contributed by atoms with Crippen LogP contribution in [0, 0.1) is 5.92 Å². The second kappa shape index (κ2) is 12.4. The number of hydrogen-bond donors (Lipinski definition) is 0. The molecule has 1 atom stereocenters. The highest BCUT2D eigenvalue weighted by Crippen LogP contribution is 2.23. The smallest absolute Gasteiger partial charge is 0.183 e. The Bertz CT molecular complexity index is 461. The van der Waals surface area contributed by atoms with E-state index in [-0.39, 0.29) is 5.54 Å².